The highest BCUT2D eigenvalue weighted by Crippen LogP contribution is 2.23. The fourth-order valence-electron chi connectivity index (χ4n) is 2.36. The van der Waals surface area contributed by atoms with Gasteiger partial charge in [0.1, 0.15) is 5.82 Å². The SMILES string of the molecule is N#Cc1ccc(F)c(CCCCCCCCCC(F)(F)F)c1. The molecule has 1 aromatic carbocycles. The van der Waals surface area contributed by atoms with Crippen LogP contribution in [-0.4, -0.2) is 6.18 Å². The Hall–Kier alpha value is -1.57. The number of hydrogen-bond acceptors (Lipinski definition) is 1. The molecular weight excluding hydrogens is 294 g/mol. The summed E-state index contributed by atoms with van der Waals surface area (Å²) in [5, 5.41) is 8.77. The molecule has 0 saturated carbocycles. The lowest BCUT2D eigenvalue weighted by Crippen LogP contribution is -2.06. The Morgan fingerprint density at radius 2 is 1.50 bits per heavy atom. The molecule has 0 unspecified atom stereocenters. The van der Waals surface area contributed by atoms with E-state index in [1.165, 1.54) is 12.1 Å². The average molecular weight is 315 g/mol. The van der Waals surface area contributed by atoms with Gasteiger partial charge in [-0.25, -0.2) is 4.39 Å². The maximum absolute atomic E-state index is 13.5. The summed E-state index contributed by atoms with van der Waals surface area (Å²) >= 11 is 0. The van der Waals surface area contributed by atoms with Gasteiger partial charge in [0.25, 0.3) is 0 Å². The van der Waals surface area contributed by atoms with Crippen molar-refractivity contribution in [1.29, 1.82) is 5.26 Å². The van der Waals surface area contributed by atoms with Gasteiger partial charge in [-0.2, -0.15) is 18.4 Å². The molecule has 0 bridgehead atoms. The van der Waals surface area contributed by atoms with E-state index in [1.807, 2.05) is 6.07 Å². The number of alkyl halides is 3. The second kappa shape index (κ2) is 9.45. The van der Waals surface area contributed by atoms with Crippen molar-refractivity contribution >= 4 is 0 Å². The van der Waals surface area contributed by atoms with Gasteiger partial charge in [0.05, 0.1) is 11.6 Å². The van der Waals surface area contributed by atoms with E-state index in [0.29, 0.717) is 24.0 Å². The smallest absolute Gasteiger partial charge is 0.207 e. The molecule has 0 heterocycles. The van der Waals surface area contributed by atoms with E-state index in [9.17, 15) is 17.6 Å². The molecule has 0 aromatic heterocycles. The summed E-state index contributed by atoms with van der Waals surface area (Å²) < 4.78 is 49.3. The summed E-state index contributed by atoms with van der Waals surface area (Å²) in [6.07, 6.45) is 1.11. The minimum atomic E-state index is -4.04. The largest absolute Gasteiger partial charge is 0.389 e. The Bertz CT molecular complexity index is 488. The van der Waals surface area contributed by atoms with Crippen LogP contribution >= 0.6 is 0 Å². The maximum atomic E-state index is 13.5. The van der Waals surface area contributed by atoms with E-state index in [-0.39, 0.29) is 12.2 Å². The molecule has 0 atom stereocenters. The Morgan fingerprint density at radius 3 is 2.09 bits per heavy atom. The molecule has 0 saturated heterocycles. The van der Waals surface area contributed by atoms with Crippen molar-refractivity contribution in [2.75, 3.05) is 0 Å². The number of nitriles is 1. The van der Waals surface area contributed by atoms with Gasteiger partial charge in [0.15, 0.2) is 0 Å². The summed E-state index contributed by atoms with van der Waals surface area (Å²) in [5.41, 5.74) is 1.02. The highest BCUT2D eigenvalue weighted by molar-refractivity contribution is 5.33. The van der Waals surface area contributed by atoms with Crippen LogP contribution in [0.15, 0.2) is 18.2 Å². The van der Waals surface area contributed by atoms with Crippen molar-refractivity contribution in [2.24, 2.45) is 0 Å². The van der Waals surface area contributed by atoms with Crippen molar-refractivity contribution in [3.8, 4) is 6.07 Å². The van der Waals surface area contributed by atoms with Crippen LogP contribution in [0.1, 0.15) is 62.5 Å². The van der Waals surface area contributed by atoms with Gasteiger partial charge in [-0.05, 0) is 43.0 Å². The van der Waals surface area contributed by atoms with Crippen LogP contribution in [0.2, 0.25) is 0 Å². The molecule has 0 radical (unpaired) electrons. The van der Waals surface area contributed by atoms with Gasteiger partial charge >= 0.3 is 6.18 Å². The standard InChI is InChI=1S/C17H21F4N/c18-16-10-9-14(13-22)12-15(16)8-6-4-2-1-3-5-7-11-17(19,20)21/h9-10,12H,1-8,11H2. The molecule has 1 nitrogen and oxygen atoms in total. The van der Waals surface area contributed by atoms with Gasteiger partial charge in [0.2, 0.25) is 0 Å². The summed E-state index contributed by atoms with van der Waals surface area (Å²) in [6.45, 7) is 0. The topological polar surface area (TPSA) is 23.8 Å². The fourth-order valence-corrected chi connectivity index (χ4v) is 2.36. The highest BCUT2D eigenvalue weighted by Gasteiger charge is 2.25. The first kappa shape index (κ1) is 18.5. The number of unbranched alkanes of at least 4 members (excludes halogenated alkanes) is 6. The van der Waals surface area contributed by atoms with E-state index in [1.54, 1.807) is 6.07 Å². The molecule has 122 valence electrons. The van der Waals surface area contributed by atoms with E-state index in [2.05, 4.69) is 0 Å². The summed E-state index contributed by atoms with van der Waals surface area (Å²) in [5.74, 6) is -0.286. The molecule has 1 aromatic rings. The van der Waals surface area contributed by atoms with Gasteiger partial charge in [-0.15, -0.1) is 0 Å². The Labute approximate surface area is 129 Å². The summed E-state index contributed by atoms with van der Waals surface area (Å²) in [7, 11) is 0. The molecule has 0 amide bonds. The van der Waals surface area contributed by atoms with Crippen molar-refractivity contribution in [3.63, 3.8) is 0 Å². The lowest BCUT2D eigenvalue weighted by Gasteiger charge is -2.06. The summed E-state index contributed by atoms with van der Waals surface area (Å²) in [4.78, 5) is 0. The molecule has 22 heavy (non-hydrogen) atoms. The number of rotatable bonds is 9. The minimum absolute atomic E-state index is 0.204. The predicted molar refractivity (Wildman–Crippen MR) is 77.8 cm³/mol. The Balaban J connectivity index is 2.08. The summed E-state index contributed by atoms with van der Waals surface area (Å²) in [6, 6.07) is 6.34. The normalized spacial score (nSPS) is 11.4. The molecule has 1 rings (SSSR count). The van der Waals surface area contributed by atoms with E-state index in [4.69, 9.17) is 5.26 Å². The zero-order valence-corrected chi connectivity index (χ0v) is 12.6. The quantitative estimate of drug-likeness (QED) is 0.410. The van der Waals surface area contributed by atoms with Crippen LogP contribution in [0.5, 0.6) is 0 Å². The molecule has 0 aliphatic heterocycles. The first-order chi connectivity index (χ1) is 10.4. The molecule has 0 aliphatic carbocycles. The van der Waals surface area contributed by atoms with Crippen LogP contribution in [0.3, 0.4) is 0 Å². The zero-order valence-electron chi connectivity index (χ0n) is 12.6. The van der Waals surface area contributed by atoms with Gasteiger partial charge < -0.3 is 0 Å². The van der Waals surface area contributed by atoms with Crippen molar-refractivity contribution in [2.45, 2.75) is 64.0 Å². The van der Waals surface area contributed by atoms with E-state index >= 15 is 0 Å². The number of aryl methyl sites for hydroxylation is 1. The highest BCUT2D eigenvalue weighted by atomic mass is 19.4. The molecule has 0 N–H and O–H groups in total. The Morgan fingerprint density at radius 1 is 0.909 bits per heavy atom. The second-order valence-corrected chi connectivity index (χ2v) is 5.51. The van der Waals surface area contributed by atoms with Crippen LogP contribution < -0.4 is 0 Å². The third kappa shape index (κ3) is 8.02. The number of hydrogen-bond donors (Lipinski definition) is 0. The molecular formula is C17H21F4N. The lowest BCUT2D eigenvalue weighted by atomic mass is 10.0. The van der Waals surface area contributed by atoms with Gasteiger partial charge in [-0.1, -0.05) is 32.1 Å². The zero-order chi connectivity index (χ0) is 16.4. The van der Waals surface area contributed by atoms with Crippen molar-refractivity contribution < 1.29 is 17.6 Å². The molecule has 5 heteroatoms. The van der Waals surface area contributed by atoms with Crippen molar-refractivity contribution in [1.82, 2.24) is 0 Å². The molecule has 0 fully saturated rings. The molecule has 0 aliphatic rings. The minimum Gasteiger partial charge on any atom is -0.207 e. The van der Waals surface area contributed by atoms with Crippen LogP contribution in [0, 0.1) is 17.1 Å². The predicted octanol–water partition coefficient (Wildman–Crippen LogP) is 5.92. The van der Waals surface area contributed by atoms with Crippen LogP contribution in [0.25, 0.3) is 0 Å². The number of halogens is 4. The van der Waals surface area contributed by atoms with Crippen LogP contribution in [0.4, 0.5) is 17.6 Å². The molecule has 0 spiro atoms. The lowest BCUT2D eigenvalue weighted by molar-refractivity contribution is -0.135. The number of nitrogens with zero attached hydrogens (tertiary/aromatic N) is 1. The maximum Gasteiger partial charge on any atom is 0.389 e. The monoisotopic (exact) mass is 315 g/mol. The van der Waals surface area contributed by atoms with Gasteiger partial charge in [0, 0.05) is 6.42 Å². The first-order valence-electron chi connectivity index (χ1n) is 7.67. The fraction of sp³-hybridized carbons (Fsp3) is 0.588. The van der Waals surface area contributed by atoms with Gasteiger partial charge in [-0.3, -0.25) is 0 Å². The number of benzene rings is 1. The Kier molecular flexibility index (Phi) is 7.94. The third-order valence-electron chi connectivity index (χ3n) is 3.58. The van der Waals surface area contributed by atoms with E-state index < -0.39 is 12.6 Å². The van der Waals surface area contributed by atoms with Crippen LogP contribution in [-0.2, 0) is 6.42 Å². The third-order valence-corrected chi connectivity index (χ3v) is 3.58. The second-order valence-electron chi connectivity index (χ2n) is 5.51. The average Bonchev–Trinajstić information content (AvgIpc) is 2.46. The first-order valence-corrected chi connectivity index (χ1v) is 7.67. The van der Waals surface area contributed by atoms with E-state index in [0.717, 1.165) is 32.1 Å². The van der Waals surface area contributed by atoms with Crippen molar-refractivity contribution in [3.05, 3.63) is 35.1 Å².